The van der Waals surface area contributed by atoms with Crippen LogP contribution in [0, 0.1) is 0 Å². The lowest BCUT2D eigenvalue weighted by Crippen LogP contribution is -2.24. The predicted octanol–water partition coefficient (Wildman–Crippen LogP) is 1.41. The molecule has 1 N–H and O–H groups in total. The molecule has 0 fully saturated rings. The van der Waals surface area contributed by atoms with Crippen LogP contribution in [0.4, 0.5) is 0 Å². The minimum atomic E-state index is -0.166. The first-order valence-electron chi connectivity index (χ1n) is 3.77. The highest BCUT2D eigenvalue weighted by atomic mass is 16.6. The van der Waals surface area contributed by atoms with Crippen molar-refractivity contribution in [1.82, 2.24) is 5.48 Å². The normalized spacial score (nSPS) is 11.4. The van der Waals surface area contributed by atoms with Gasteiger partial charge in [0.25, 0.3) is 5.91 Å². The van der Waals surface area contributed by atoms with Gasteiger partial charge in [0, 0.05) is 5.57 Å². The summed E-state index contributed by atoms with van der Waals surface area (Å²) in [6, 6.07) is 0. The predicted molar refractivity (Wildman–Crippen MR) is 43.8 cm³/mol. The number of hydrogen-bond acceptors (Lipinski definition) is 2. The molecule has 0 unspecified atom stereocenters. The summed E-state index contributed by atoms with van der Waals surface area (Å²) in [4.78, 5) is 15.8. The molecule has 0 aromatic rings. The van der Waals surface area contributed by atoms with E-state index in [4.69, 9.17) is 4.84 Å². The molecular formula is C8H15NO2. The van der Waals surface area contributed by atoms with Crippen molar-refractivity contribution in [2.24, 2.45) is 0 Å². The first-order valence-corrected chi connectivity index (χ1v) is 3.77. The number of allylic oxidation sites excluding steroid dienone is 1. The topological polar surface area (TPSA) is 38.3 Å². The van der Waals surface area contributed by atoms with Crippen LogP contribution in [-0.2, 0) is 9.63 Å². The number of amides is 1. The Morgan fingerprint density at radius 1 is 1.64 bits per heavy atom. The van der Waals surface area contributed by atoms with Crippen LogP contribution in [0.25, 0.3) is 0 Å². The van der Waals surface area contributed by atoms with Gasteiger partial charge in [-0.3, -0.25) is 9.63 Å². The molecule has 0 radical (unpaired) electrons. The Balaban J connectivity index is 3.53. The Bertz CT molecular complexity index is 152. The maximum absolute atomic E-state index is 10.9. The molecule has 0 aromatic heterocycles. The van der Waals surface area contributed by atoms with Crippen LogP contribution in [0.5, 0.6) is 0 Å². The highest BCUT2D eigenvalue weighted by Gasteiger charge is 2.00. The molecule has 0 saturated carbocycles. The second kappa shape index (κ2) is 5.92. The molecule has 0 saturated heterocycles. The Morgan fingerprint density at radius 2 is 2.27 bits per heavy atom. The molecule has 0 aromatic carbocycles. The lowest BCUT2D eigenvalue weighted by molar-refractivity contribution is -0.129. The summed E-state index contributed by atoms with van der Waals surface area (Å²) in [6.45, 7) is 6.09. The van der Waals surface area contributed by atoms with Crippen LogP contribution < -0.4 is 5.48 Å². The van der Waals surface area contributed by atoms with E-state index in [2.05, 4.69) is 5.48 Å². The number of hydrogen-bond donors (Lipinski definition) is 1. The van der Waals surface area contributed by atoms with E-state index in [9.17, 15) is 4.79 Å². The SMILES string of the molecule is CC=C(C)C(=O)NOCCC. The molecule has 3 heteroatoms. The Morgan fingerprint density at radius 3 is 2.73 bits per heavy atom. The van der Waals surface area contributed by atoms with E-state index in [0.29, 0.717) is 12.2 Å². The second-order valence-corrected chi connectivity index (χ2v) is 2.25. The minimum absolute atomic E-state index is 0.166. The molecular weight excluding hydrogens is 142 g/mol. The first-order chi connectivity index (χ1) is 5.22. The van der Waals surface area contributed by atoms with Crippen molar-refractivity contribution in [1.29, 1.82) is 0 Å². The number of carbonyl (C=O) groups is 1. The van der Waals surface area contributed by atoms with Crippen LogP contribution in [0.15, 0.2) is 11.6 Å². The molecule has 0 spiro atoms. The quantitative estimate of drug-likeness (QED) is 0.380. The molecule has 0 heterocycles. The zero-order valence-electron chi connectivity index (χ0n) is 7.31. The molecule has 0 aliphatic carbocycles. The third kappa shape index (κ3) is 4.56. The maximum atomic E-state index is 10.9. The number of carbonyl (C=O) groups excluding carboxylic acids is 1. The Hall–Kier alpha value is -0.830. The van der Waals surface area contributed by atoms with Crippen molar-refractivity contribution < 1.29 is 9.63 Å². The van der Waals surface area contributed by atoms with E-state index in [0.717, 1.165) is 6.42 Å². The fraction of sp³-hybridized carbons (Fsp3) is 0.625. The van der Waals surface area contributed by atoms with Crippen LogP contribution >= 0.6 is 0 Å². The Kier molecular flexibility index (Phi) is 5.47. The van der Waals surface area contributed by atoms with E-state index in [1.165, 1.54) is 0 Å². The molecule has 0 aliphatic rings. The summed E-state index contributed by atoms with van der Waals surface area (Å²) in [5, 5.41) is 0. The first kappa shape index (κ1) is 10.2. The van der Waals surface area contributed by atoms with Crippen molar-refractivity contribution in [2.75, 3.05) is 6.61 Å². The van der Waals surface area contributed by atoms with E-state index in [1.807, 2.05) is 13.8 Å². The van der Waals surface area contributed by atoms with Crippen LogP contribution in [-0.4, -0.2) is 12.5 Å². The van der Waals surface area contributed by atoms with Crippen LogP contribution in [0.3, 0.4) is 0 Å². The van der Waals surface area contributed by atoms with Crippen molar-refractivity contribution in [3.05, 3.63) is 11.6 Å². The second-order valence-electron chi connectivity index (χ2n) is 2.25. The third-order valence-electron chi connectivity index (χ3n) is 1.26. The van der Waals surface area contributed by atoms with E-state index in [1.54, 1.807) is 13.0 Å². The van der Waals surface area contributed by atoms with E-state index < -0.39 is 0 Å². The van der Waals surface area contributed by atoms with Crippen molar-refractivity contribution in [3.63, 3.8) is 0 Å². The molecule has 3 nitrogen and oxygen atoms in total. The number of nitrogens with one attached hydrogen (secondary N) is 1. The van der Waals surface area contributed by atoms with Gasteiger partial charge in [0.1, 0.15) is 0 Å². The summed E-state index contributed by atoms with van der Waals surface area (Å²) >= 11 is 0. The molecule has 0 atom stereocenters. The molecule has 1 amide bonds. The molecule has 0 aliphatic heterocycles. The summed E-state index contributed by atoms with van der Waals surface area (Å²) in [5.41, 5.74) is 2.99. The fourth-order valence-corrected chi connectivity index (χ4v) is 0.430. The van der Waals surface area contributed by atoms with E-state index >= 15 is 0 Å². The number of hydroxylamine groups is 1. The third-order valence-corrected chi connectivity index (χ3v) is 1.26. The molecule has 64 valence electrons. The zero-order valence-corrected chi connectivity index (χ0v) is 7.31. The van der Waals surface area contributed by atoms with Gasteiger partial charge >= 0.3 is 0 Å². The van der Waals surface area contributed by atoms with Crippen molar-refractivity contribution in [2.45, 2.75) is 27.2 Å². The van der Waals surface area contributed by atoms with Gasteiger partial charge in [-0.2, -0.15) is 0 Å². The number of rotatable bonds is 4. The molecule has 11 heavy (non-hydrogen) atoms. The average Bonchev–Trinajstić information content (AvgIpc) is 2.03. The summed E-state index contributed by atoms with van der Waals surface area (Å²) < 4.78 is 0. The van der Waals surface area contributed by atoms with Gasteiger partial charge < -0.3 is 0 Å². The van der Waals surface area contributed by atoms with Crippen molar-refractivity contribution >= 4 is 5.91 Å². The lowest BCUT2D eigenvalue weighted by Gasteiger charge is -2.03. The van der Waals surface area contributed by atoms with Crippen LogP contribution in [0.1, 0.15) is 27.2 Å². The van der Waals surface area contributed by atoms with Crippen molar-refractivity contribution in [3.8, 4) is 0 Å². The van der Waals surface area contributed by atoms with Gasteiger partial charge in [0.15, 0.2) is 0 Å². The largest absolute Gasteiger partial charge is 0.273 e. The van der Waals surface area contributed by atoms with Gasteiger partial charge in [-0.1, -0.05) is 13.0 Å². The van der Waals surface area contributed by atoms with Gasteiger partial charge in [0.2, 0.25) is 0 Å². The minimum Gasteiger partial charge on any atom is -0.273 e. The molecule has 0 rings (SSSR count). The summed E-state index contributed by atoms with van der Waals surface area (Å²) in [7, 11) is 0. The highest BCUT2D eigenvalue weighted by Crippen LogP contribution is 1.90. The van der Waals surface area contributed by atoms with Crippen LogP contribution in [0.2, 0.25) is 0 Å². The Labute approximate surface area is 67.4 Å². The fourth-order valence-electron chi connectivity index (χ4n) is 0.430. The van der Waals surface area contributed by atoms with E-state index in [-0.39, 0.29) is 5.91 Å². The van der Waals surface area contributed by atoms with Gasteiger partial charge in [-0.25, -0.2) is 5.48 Å². The molecule has 0 bridgehead atoms. The lowest BCUT2D eigenvalue weighted by atomic mass is 10.3. The zero-order chi connectivity index (χ0) is 8.69. The van der Waals surface area contributed by atoms with Gasteiger partial charge in [-0.05, 0) is 20.3 Å². The van der Waals surface area contributed by atoms with Gasteiger partial charge in [-0.15, -0.1) is 0 Å². The smallest absolute Gasteiger partial charge is 0.270 e. The standard InChI is InChI=1S/C8H15NO2/c1-4-6-11-9-8(10)7(3)5-2/h5H,4,6H2,1-3H3,(H,9,10). The maximum Gasteiger partial charge on any atom is 0.270 e. The summed E-state index contributed by atoms with van der Waals surface area (Å²) in [5.74, 6) is -0.166. The van der Waals surface area contributed by atoms with Gasteiger partial charge in [0.05, 0.1) is 6.61 Å². The average molecular weight is 157 g/mol. The monoisotopic (exact) mass is 157 g/mol. The summed E-state index contributed by atoms with van der Waals surface area (Å²) in [6.07, 6.45) is 2.64. The highest BCUT2D eigenvalue weighted by molar-refractivity contribution is 5.91.